The van der Waals surface area contributed by atoms with Crippen molar-refractivity contribution in [1.29, 1.82) is 0 Å². The first-order valence-corrected chi connectivity index (χ1v) is 16.7. The lowest BCUT2D eigenvalue weighted by atomic mass is 10.0. The summed E-state index contributed by atoms with van der Waals surface area (Å²) in [5, 5.41) is 12.5. The molecule has 2 amide bonds. The quantitative estimate of drug-likeness (QED) is 0.200. The predicted molar refractivity (Wildman–Crippen MR) is 184 cm³/mol. The Bertz CT molecular complexity index is 2130. The van der Waals surface area contributed by atoms with Crippen LogP contribution in [0.1, 0.15) is 51.5 Å². The summed E-state index contributed by atoms with van der Waals surface area (Å²) in [5.41, 5.74) is 0.967. The lowest BCUT2D eigenvalue weighted by Gasteiger charge is -2.34. The van der Waals surface area contributed by atoms with Gasteiger partial charge in [0, 0.05) is 40.9 Å². The first kappa shape index (κ1) is 35.5. The van der Waals surface area contributed by atoms with Crippen LogP contribution in [0.2, 0.25) is 0 Å². The van der Waals surface area contributed by atoms with Gasteiger partial charge in [-0.3, -0.25) is 18.7 Å². The number of nitrogens with zero attached hydrogens (tertiary/aromatic N) is 5. The van der Waals surface area contributed by atoms with Gasteiger partial charge in [-0.2, -0.15) is 13.2 Å². The van der Waals surface area contributed by atoms with E-state index in [1.165, 1.54) is 32.5 Å². The predicted octanol–water partition coefficient (Wildman–Crippen LogP) is 5.61. The van der Waals surface area contributed by atoms with E-state index in [9.17, 15) is 32.7 Å². The van der Waals surface area contributed by atoms with Gasteiger partial charge >= 0.3 is 11.9 Å². The van der Waals surface area contributed by atoms with Crippen LogP contribution >= 0.6 is 15.9 Å². The van der Waals surface area contributed by atoms with Crippen LogP contribution in [0.4, 0.5) is 13.2 Å². The van der Waals surface area contributed by atoms with Crippen LogP contribution in [0.3, 0.4) is 0 Å². The van der Waals surface area contributed by atoms with Crippen molar-refractivity contribution >= 4 is 27.7 Å². The molecule has 0 fully saturated rings. The number of aliphatic hydroxyl groups excluding tert-OH is 1. The summed E-state index contributed by atoms with van der Waals surface area (Å²) in [6.45, 7) is 3.14. The molecule has 0 spiro atoms. The first-order valence-electron chi connectivity index (χ1n) is 15.9. The van der Waals surface area contributed by atoms with Crippen molar-refractivity contribution < 1.29 is 32.6 Å². The molecule has 3 aromatic carbocycles. The molecule has 3 heterocycles. The Morgan fingerprint density at radius 1 is 1.10 bits per heavy atom. The average Bonchev–Trinajstić information content (AvgIpc) is 3.40. The highest BCUT2D eigenvalue weighted by Crippen LogP contribution is 2.36. The molecule has 2 N–H and O–H groups in total. The summed E-state index contributed by atoms with van der Waals surface area (Å²) in [6.07, 6.45) is -2.37. The van der Waals surface area contributed by atoms with E-state index in [2.05, 4.69) is 31.2 Å². The normalized spacial score (nSPS) is 14.9. The van der Waals surface area contributed by atoms with E-state index in [4.69, 9.17) is 4.74 Å². The number of ether oxygens (including phenoxy) is 1. The van der Waals surface area contributed by atoms with Gasteiger partial charge in [0.1, 0.15) is 24.4 Å². The Kier molecular flexibility index (Phi) is 10.1. The second kappa shape index (κ2) is 14.5. The van der Waals surface area contributed by atoms with Gasteiger partial charge in [-0.1, -0.05) is 40.2 Å². The molecule has 0 unspecified atom stereocenters. The number of hydrogen-bond donors (Lipinski definition) is 2. The Labute approximate surface area is 298 Å². The van der Waals surface area contributed by atoms with Crippen LogP contribution in [0, 0.1) is 0 Å². The second-order valence-electron chi connectivity index (χ2n) is 12.1. The van der Waals surface area contributed by atoms with E-state index in [0.717, 1.165) is 17.2 Å². The summed E-state index contributed by atoms with van der Waals surface area (Å²) >= 11 is 2.92. The second-order valence-corrected chi connectivity index (χ2v) is 12.9. The van der Waals surface area contributed by atoms with Gasteiger partial charge in [0.15, 0.2) is 0 Å². The zero-order valence-electron chi connectivity index (χ0n) is 27.4. The number of aliphatic hydroxyl groups is 1. The monoisotopic (exact) mass is 764 g/mol. The molecule has 15 heteroatoms. The molecule has 1 aliphatic heterocycles. The lowest BCUT2D eigenvalue weighted by molar-refractivity contribution is -0.138. The van der Waals surface area contributed by atoms with Crippen molar-refractivity contribution in [2.45, 2.75) is 51.8 Å². The van der Waals surface area contributed by atoms with Crippen molar-refractivity contribution in [2.24, 2.45) is 0 Å². The number of carbonyl (C=O) groups is 2. The number of rotatable bonds is 9. The number of benzene rings is 3. The van der Waals surface area contributed by atoms with Gasteiger partial charge in [-0.25, -0.2) is 14.8 Å². The summed E-state index contributed by atoms with van der Waals surface area (Å²) in [5.74, 6) is -0.864. The number of aromatic nitrogens is 4. The first-order chi connectivity index (χ1) is 24.3. The summed E-state index contributed by atoms with van der Waals surface area (Å²) in [7, 11) is 0. The molecule has 0 radical (unpaired) electrons. The largest absolute Gasteiger partial charge is 0.491 e. The molecule has 2 aromatic heterocycles. The number of carbonyl (C=O) groups excluding carboxylic acids is 2. The van der Waals surface area contributed by atoms with Crippen molar-refractivity contribution in [3.8, 4) is 22.7 Å². The third-order valence-electron chi connectivity index (χ3n) is 8.44. The molecule has 5 aromatic rings. The highest BCUT2D eigenvalue weighted by Gasteiger charge is 2.37. The van der Waals surface area contributed by atoms with Gasteiger partial charge in [0.05, 0.1) is 35.3 Å². The summed E-state index contributed by atoms with van der Waals surface area (Å²) < 4.78 is 49.2. The molecule has 0 saturated carbocycles. The number of alkyl halides is 3. The Balaban J connectivity index is 1.39. The molecular formula is C36H32BrF3N6O5. The van der Waals surface area contributed by atoms with E-state index in [-0.39, 0.29) is 47.7 Å². The zero-order valence-corrected chi connectivity index (χ0v) is 29.0. The van der Waals surface area contributed by atoms with Gasteiger partial charge in [-0.05, 0) is 67.9 Å². The minimum atomic E-state index is -4.70. The fourth-order valence-electron chi connectivity index (χ4n) is 5.94. The maximum atomic E-state index is 14.2. The molecule has 0 aliphatic carbocycles. The Morgan fingerprint density at radius 3 is 2.53 bits per heavy atom. The fourth-order valence-corrected chi connectivity index (χ4v) is 6.42. The molecule has 264 valence electrons. The number of imidazole rings is 1. The summed E-state index contributed by atoms with van der Waals surface area (Å²) in [4.78, 5) is 51.7. The van der Waals surface area contributed by atoms with Crippen LogP contribution in [-0.4, -0.2) is 59.7 Å². The van der Waals surface area contributed by atoms with E-state index >= 15 is 0 Å². The molecule has 51 heavy (non-hydrogen) atoms. The number of amides is 2. The maximum Gasteiger partial charge on any atom is 0.417 e. The van der Waals surface area contributed by atoms with E-state index in [0.29, 0.717) is 17.1 Å². The molecule has 2 atom stereocenters. The number of nitrogens with one attached hydrogen (secondary N) is 1. The van der Waals surface area contributed by atoms with Crippen LogP contribution in [0.15, 0.2) is 94.6 Å². The highest BCUT2D eigenvalue weighted by atomic mass is 79.9. The minimum Gasteiger partial charge on any atom is -0.491 e. The van der Waals surface area contributed by atoms with Crippen molar-refractivity contribution in [2.75, 3.05) is 6.61 Å². The third-order valence-corrected chi connectivity index (χ3v) is 9.13. The van der Waals surface area contributed by atoms with Gasteiger partial charge in [0.25, 0.3) is 11.8 Å². The maximum absolute atomic E-state index is 14.2. The fraction of sp³-hybridized carbons (Fsp3) is 0.250. The minimum absolute atomic E-state index is 0.0119. The van der Waals surface area contributed by atoms with E-state index in [1.54, 1.807) is 50.4 Å². The van der Waals surface area contributed by atoms with Crippen LogP contribution in [0.5, 0.6) is 5.75 Å². The Morgan fingerprint density at radius 2 is 1.84 bits per heavy atom. The SMILES string of the molecule is C[C@H](O)COc1ccc(-n2c(C(=O)NCc3ccccc3-c3ccncn3)c3n(c2=O)C[C@@H](C)N(C(=O)c2ccc(Br)c(C(F)(F)F)c2)C3)cc1. The smallest absolute Gasteiger partial charge is 0.417 e. The van der Waals surface area contributed by atoms with Crippen LogP contribution < -0.4 is 15.7 Å². The number of fused-ring (bicyclic) bond motifs is 1. The van der Waals surface area contributed by atoms with Gasteiger partial charge < -0.3 is 20.1 Å². The third kappa shape index (κ3) is 7.44. The van der Waals surface area contributed by atoms with E-state index in [1.807, 2.05) is 24.3 Å². The van der Waals surface area contributed by atoms with Gasteiger partial charge in [0.2, 0.25) is 0 Å². The van der Waals surface area contributed by atoms with Crippen LogP contribution in [-0.2, 0) is 25.8 Å². The van der Waals surface area contributed by atoms with Gasteiger partial charge in [-0.15, -0.1) is 0 Å². The van der Waals surface area contributed by atoms with Crippen molar-refractivity contribution in [1.82, 2.24) is 29.3 Å². The Hall–Kier alpha value is -5.28. The number of halogens is 4. The zero-order chi connectivity index (χ0) is 36.4. The molecule has 11 nitrogen and oxygen atoms in total. The molecular weight excluding hydrogens is 733 g/mol. The standard InChI is InChI=1S/C36H32BrF3N6O5/c1-21-17-45-31(18-44(21)34(49)23-7-12-29(37)28(15-23)36(38,39)40)32(46(35(45)50)25-8-10-26(11-9-25)51-19-22(2)47)33(48)42-16-24-5-3-4-6-27(24)30-13-14-41-20-43-30/h3-15,20-22,47H,16-19H2,1-2H3,(H,42,48)/t21-,22+/m1/s1. The number of hydrogen-bond acceptors (Lipinski definition) is 7. The topological polar surface area (TPSA) is 132 Å². The molecule has 6 rings (SSSR count). The van der Waals surface area contributed by atoms with Crippen LogP contribution in [0.25, 0.3) is 16.9 Å². The van der Waals surface area contributed by atoms with Crippen molar-refractivity contribution in [3.63, 3.8) is 0 Å². The molecule has 0 bridgehead atoms. The lowest BCUT2D eigenvalue weighted by Crippen LogP contribution is -2.47. The molecule has 0 saturated heterocycles. The van der Waals surface area contributed by atoms with Crippen molar-refractivity contribution in [3.05, 3.63) is 128 Å². The highest BCUT2D eigenvalue weighted by molar-refractivity contribution is 9.10. The average molecular weight is 766 g/mol. The summed E-state index contributed by atoms with van der Waals surface area (Å²) in [6, 6.07) is 18.1. The molecule has 1 aliphatic rings. The van der Waals surface area contributed by atoms with E-state index < -0.39 is 41.4 Å².